The van der Waals surface area contributed by atoms with Crippen LogP contribution >= 0.6 is 0 Å². The number of anilines is 1. The van der Waals surface area contributed by atoms with Crippen LogP contribution in [0.1, 0.15) is 18.0 Å². The Morgan fingerprint density at radius 3 is 2.95 bits per heavy atom. The van der Waals surface area contributed by atoms with Gasteiger partial charge in [-0.05, 0) is 36.2 Å². The van der Waals surface area contributed by atoms with E-state index in [-0.39, 0.29) is 11.9 Å². The highest BCUT2D eigenvalue weighted by atomic mass is 19.1. The third-order valence-electron chi connectivity index (χ3n) is 3.84. The van der Waals surface area contributed by atoms with Crippen molar-refractivity contribution in [3.63, 3.8) is 0 Å². The highest BCUT2D eigenvalue weighted by molar-refractivity contribution is 5.90. The van der Waals surface area contributed by atoms with Gasteiger partial charge in [-0.2, -0.15) is 5.10 Å². The molecule has 0 amide bonds. The normalized spacial score (nSPS) is 17.8. The molecule has 0 radical (unpaired) electrons. The second-order valence-corrected chi connectivity index (χ2v) is 5.10. The Morgan fingerprint density at radius 2 is 2.05 bits per heavy atom. The molecule has 1 atom stereocenters. The Hall–Kier alpha value is -2.36. The Balaban J connectivity index is 1.90. The quantitative estimate of drug-likeness (QED) is 0.730. The number of hydrogen-bond donors (Lipinski definition) is 1. The van der Waals surface area contributed by atoms with Crippen LogP contribution in [-0.4, -0.2) is 16.3 Å². The highest BCUT2D eigenvalue weighted by Gasteiger charge is 2.24. The fourth-order valence-corrected chi connectivity index (χ4v) is 2.92. The van der Waals surface area contributed by atoms with Gasteiger partial charge in [0.05, 0.1) is 11.6 Å². The minimum Gasteiger partial charge on any atom is -0.370 e. The summed E-state index contributed by atoms with van der Waals surface area (Å²) in [5.74, 6) is 0.834. The summed E-state index contributed by atoms with van der Waals surface area (Å²) in [6, 6.07) is 15.0. The Morgan fingerprint density at radius 1 is 1.15 bits per heavy atom. The molecule has 4 heteroatoms. The summed E-state index contributed by atoms with van der Waals surface area (Å²) in [6.45, 7) is 0.872. The lowest BCUT2D eigenvalue weighted by Crippen LogP contribution is -2.24. The zero-order valence-electron chi connectivity index (χ0n) is 10.9. The van der Waals surface area contributed by atoms with E-state index in [4.69, 9.17) is 0 Å². The SMILES string of the molecule is Fc1cccc(C2CCNc3c4ccccc4nn32)c1. The maximum absolute atomic E-state index is 13.5. The number of nitrogens with one attached hydrogen (secondary N) is 1. The summed E-state index contributed by atoms with van der Waals surface area (Å²) >= 11 is 0. The molecule has 1 unspecified atom stereocenters. The van der Waals surface area contributed by atoms with Crippen molar-refractivity contribution in [2.45, 2.75) is 12.5 Å². The summed E-state index contributed by atoms with van der Waals surface area (Å²) in [6.07, 6.45) is 0.907. The molecule has 2 heterocycles. The molecule has 1 N–H and O–H groups in total. The first kappa shape index (κ1) is 11.5. The number of aromatic nitrogens is 2. The van der Waals surface area contributed by atoms with E-state index in [1.807, 2.05) is 28.9 Å². The lowest BCUT2D eigenvalue weighted by atomic mass is 10.0. The van der Waals surface area contributed by atoms with Crippen LogP contribution in [0.2, 0.25) is 0 Å². The van der Waals surface area contributed by atoms with Gasteiger partial charge in [0.15, 0.2) is 0 Å². The standard InChI is InChI=1S/C16H14FN3/c17-12-5-3-4-11(10-12)15-8-9-18-16-13-6-1-2-7-14(13)19-20(15)16/h1-7,10,15,18H,8-9H2. The Kier molecular flexibility index (Phi) is 2.49. The number of nitrogens with zero attached hydrogens (tertiary/aromatic N) is 2. The van der Waals surface area contributed by atoms with Gasteiger partial charge >= 0.3 is 0 Å². The molecular formula is C16H14FN3. The van der Waals surface area contributed by atoms with Crippen LogP contribution in [0.25, 0.3) is 10.9 Å². The molecule has 0 saturated carbocycles. The van der Waals surface area contributed by atoms with Crippen LogP contribution in [0.4, 0.5) is 10.2 Å². The van der Waals surface area contributed by atoms with Crippen LogP contribution in [0.15, 0.2) is 48.5 Å². The summed E-state index contributed by atoms with van der Waals surface area (Å²) in [7, 11) is 0. The second-order valence-electron chi connectivity index (χ2n) is 5.10. The molecule has 3 aromatic rings. The third kappa shape index (κ3) is 1.68. The van der Waals surface area contributed by atoms with Crippen LogP contribution in [0, 0.1) is 5.82 Å². The van der Waals surface area contributed by atoms with Gasteiger partial charge < -0.3 is 5.32 Å². The molecule has 1 aliphatic rings. The predicted molar refractivity (Wildman–Crippen MR) is 77.4 cm³/mol. The minimum absolute atomic E-state index is 0.0920. The van der Waals surface area contributed by atoms with Crippen molar-refractivity contribution in [3.05, 3.63) is 59.9 Å². The van der Waals surface area contributed by atoms with E-state index >= 15 is 0 Å². The molecule has 1 aromatic heterocycles. The van der Waals surface area contributed by atoms with E-state index in [9.17, 15) is 4.39 Å². The first-order chi connectivity index (χ1) is 9.83. The molecule has 2 aromatic carbocycles. The van der Waals surface area contributed by atoms with Gasteiger partial charge in [0.2, 0.25) is 0 Å². The van der Waals surface area contributed by atoms with E-state index in [1.54, 1.807) is 12.1 Å². The number of benzene rings is 2. The molecule has 4 rings (SSSR count). The van der Waals surface area contributed by atoms with Gasteiger partial charge in [-0.15, -0.1) is 0 Å². The average Bonchev–Trinajstić information content (AvgIpc) is 2.86. The van der Waals surface area contributed by atoms with E-state index in [0.29, 0.717) is 0 Å². The van der Waals surface area contributed by atoms with Crippen molar-refractivity contribution < 1.29 is 4.39 Å². The molecule has 0 bridgehead atoms. The Labute approximate surface area is 116 Å². The fraction of sp³-hybridized carbons (Fsp3) is 0.188. The van der Waals surface area contributed by atoms with Crippen molar-refractivity contribution in [2.24, 2.45) is 0 Å². The van der Waals surface area contributed by atoms with Crippen LogP contribution in [0.3, 0.4) is 0 Å². The predicted octanol–water partition coefficient (Wildman–Crippen LogP) is 3.58. The fourth-order valence-electron chi connectivity index (χ4n) is 2.92. The minimum atomic E-state index is -0.195. The molecule has 3 nitrogen and oxygen atoms in total. The van der Waals surface area contributed by atoms with Crippen molar-refractivity contribution in [1.29, 1.82) is 0 Å². The summed E-state index contributed by atoms with van der Waals surface area (Å²) < 4.78 is 15.4. The van der Waals surface area contributed by atoms with Crippen LogP contribution in [-0.2, 0) is 0 Å². The van der Waals surface area contributed by atoms with Crippen LogP contribution in [0.5, 0.6) is 0 Å². The van der Waals surface area contributed by atoms with Crippen molar-refractivity contribution >= 4 is 16.7 Å². The number of fused-ring (bicyclic) bond motifs is 3. The van der Waals surface area contributed by atoms with Crippen molar-refractivity contribution in [2.75, 3.05) is 11.9 Å². The van der Waals surface area contributed by atoms with Gasteiger partial charge in [-0.1, -0.05) is 24.3 Å². The molecule has 0 saturated heterocycles. The number of rotatable bonds is 1. The molecular weight excluding hydrogens is 253 g/mol. The maximum atomic E-state index is 13.5. The molecule has 1 aliphatic heterocycles. The average molecular weight is 267 g/mol. The molecule has 20 heavy (non-hydrogen) atoms. The molecule has 0 fully saturated rings. The van der Waals surface area contributed by atoms with E-state index in [0.717, 1.165) is 35.2 Å². The first-order valence-corrected chi connectivity index (χ1v) is 6.79. The van der Waals surface area contributed by atoms with Crippen molar-refractivity contribution in [3.8, 4) is 0 Å². The van der Waals surface area contributed by atoms with Gasteiger partial charge in [-0.25, -0.2) is 9.07 Å². The maximum Gasteiger partial charge on any atom is 0.132 e. The molecule has 0 spiro atoms. The van der Waals surface area contributed by atoms with Gasteiger partial charge in [0, 0.05) is 11.9 Å². The summed E-state index contributed by atoms with van der Waals surface area (Å²) in [4.78, 5) is 0. The summed E-state index contributed by atoms with van der Waals surface area (Å²) in [5.41, 5.74) is 1.94. The zero-order chi connectivity index (χ0) is 13.5. The second kappa shape index (κ2) is 4.34. The topological polar surface area (TPSA) is 29.9 Å². The molecule has 100 valence electrons. The lowest BCUT2D eigenvalue weighted by Gasteiger charge is -2.26. The van der Waals surface area contributed by atoms with E-state index in [2.05, 4.69) is 16.5 Å². The van der Waals surface area contributed by atoms with Crippen LogP contribution < -0.4 is 5.32 Å². The lowest BCUT2D eigenvalue weighted by molar-refractivity contribution is 0.482. The Bertz CT molecular complexity index is 778. The highest BCUT2D eigenvalue weighted by Crippen LogP contribution is 2.34. The van der Waals surface area contributed by atoms with E-state index < -0.39 is 0 Å². The van der Waals surface area contributed by atoms with Gasteiger partial charge in [0.25, 0.3) is 0 Å². The monoisotopic (exact) mass is 267 g/mol. The number of hydrogen-bond acceptors (Lipinski definition) is 2. The third-order valence-corrected chi connectivity index (χ3v) is 3.84. The first-order valence-electron chi connectivity index (χ1n) is 6.79. The zero-order valence-corrected chi connectivity index (χ0v) is 10.9. The number of halogens is 1. The van der Waals surface area contributed by atoms with Gasteiger partial charge in [-0.3, -0.25) is 0 Å². The smallest absolute Gasteiger partial charge is 0.132 e. The van der Waals surface area contributed by atoms with E-state index in [1.165, 1.54) is 6.07 Å². The largest absolute Gasteiger partial charge is 0.370 e. The molecule has 0 aliphatic carbocycles. The summed E-state index contributed by atoms with van der Waals surface area (Å²) in [5, 5.41) is 9.20. The van der Waals surface area contributed by atoms with Gasteiger partial charge in [0.1, 0.15) is 11.6 Å². The van der Waals surface area contributed by atoms with Crippen molar-refractivity contribution in [1.82, 2.24) is 9.78 Å².